The van der Waals surface area contributed by atoms with Gasteiger partial charge in [-0.15, -0.1) is 0 Å². The second-order valence-electron chi connectivity index (χ2n) is 7.92. The van der Waals surface area contributed by atoms with Crippen LogP contribution in [0.5, 0.6) is 0 Å². The molecule has 2 heterocycles. The summed E-state index contributed by atoms with van der Waals surface area (Å²) in [4.78, 5) is 16.0. The quantitative estimate of drug-likeness (QED) is 0.380. The van der Waals surface area contributed by atoms with Crippen LogP contribution in [0.2, 0.25) is 5.02 Å². The molecular formula is C22H23ClN4O3S. The fraction of sp³-hybridized carbons (Fsp3) is 0.273. The number of halogens is 1. The van der Waals surface area contributed by atoms with Crippen LogP contribution in [0.1, 0.15) is 36.5 Å². The van der Waals surface area contributed by atoms with E-state index in [0.717, 1.165) is 16.6 Å². The van der Waals surface area contributed by atoms with Crippen molar-refractivity contribution in [3.05, 3.63) is 58.9 Å². The molecule has 1 amide bonds. The van der Waals surface area contributed by atoms with Gasteiger partial charge in [0.25, 0.3) is 5.91 Å². The van der Waals surface area contributed by atoms with Crippen LogP contribution in [-0.4, -0.2) is 35.3 Å². The summed E-state index contributed by atoms with van der Waals surface area (Å²) in [6.07, 6.45) is 0.497. The molecule has 0 saturated carbocycles. The summed E-state index contributed by atoms with van der Waals surface area (Å²) in [5, 5.41) is 11.7. The number of hydrogen-bond donors (Lipinski definition) is 3. The van der Waals surface area contributed by atoms with Crippen molar-refractivity contribution in [3.63, 3.8) is 0 Å². The van der Waals surface area contributed by atoms with E-state index in [2.05, 4.69) is 20.5 Å². The Morgan fingerprint density at radius 2 is 1.94 bits per heavy atom. The number of H-pyrrole nitrogens is 2. The minimum Gasteiger partial charge on any atom is -0.349 e. The van der Waals surface area contributed by atoms with E-state index in [-0.39, 0.29) is 28.8 Å². The SMILES string of the molecule is CC(C)CCS(=O)(=O)c1c(C(=O)NCc2[nH]nc3ccccc23)[nH]c2ccc(Cl)cc12. The number of rotatable bonds is 7. The summed E-state index contributed by atoms with van der Waals surface area (Å²) in [6, 6.07) is 12.5. The molecule has 0 fully saturated rings. The summed E-state index contributed by atoms with van der Waals surface area (Å²) < 4.78 is 26.4. The molecule has 2 aromatic heterocycles. The van der Waals surface area contributed by atoms with E-state index in [9.17, 15) is 13.2 Å². The minimum absolute atomic E-state index is 0.00220. The topological polar surface area (TPSA) is 108 Å². The third-order valence-electron chi connectivity index (χ3n) is 5.18. The maximum absolute atomic E-state index is 13.2. The largest absolute Gasteiger partial charge is 0.349 e. The predicted octanol–water partition coefficient (Wildman–Crippen LogP) is 4.45. The monoisotopic (exact) mass is 458 g/mol. The molecule has 0 atom stereocenters. The fourth-order valence-electron chi connectivity index (χ4n) is 3.52. The van der Waals surface area contributed by atoms with Gasteiger partial charge in [-0.05, 0) is 36.6 Å². The molecule has 0 aliphatic heterocycles. The maximum Gasteiger partial charge on any atom is 0.269 e. The van der Waals surface area contributed by atoms with Gasteiger partial charge in [-0.3, -0.25) is 9.89 Å². The Morgan fingerprint density at radius 3 is 2.71 bits per heavy atom. The third kappa shape index (κ3) is 4.31. The van der Waals surface area contributed by atoms with Crippen molar-refractivity contribution in [2.24, 2.45) is 5.92 Å². The standard InChI is InChI=1S/C22H23ClN4O3S/c1-13(2)9-10-31(29,30)21-16-11-14(23)7-8-17(16)25-20(21)22(28)24-12-19-15-5-3-4-6-18(15)26-27-19/h3-8,11,13,25H,9-10,12H2,1-2H3,(H,24,28)(H,26,27). The minimum atomic E-state index is -3.71. The molecule has 0 saturated heterocycles. The van der Waals surface area contributed by atoms with E-state index in [1.807, 2.05) is 38.1 Å². The molecule has 0 bridgehead atoms. The van der Waals surface area contributed by atoms with Crippen molar-refractivity contribution in [1.29, 1.82) is 0 Å². The lowest BCUT2D eigenvalue weighted by atomic mass is 10.2. The van der Waals surface area contributed by atoms with Crippen LogP contribution in [0.3, 0.4) is 0 Å². The number of amides is 1. The normalized spacial score (nSPS) is 12.1. The molecule has 0 unspecified atom stereocenters. The van der Waals surface area contributed by atoms with Gasteiger partial charge in [0.05, 0.1) is 23.5 Å². The molecular weight excluding hydrogens is 436 g/mol. The van der Waals surface area contributed by atoms with Crippen LogP contribution in [0.15, 0.2) is 47.4 Å². The first-order chi connectivity index (χ1) is 14.8. The number of fused-ring (bicyclic) bond motifs is 2. The molecule has 9 heteroatoms. The van der Waals surface area contributed by atoms with Gasteiger partial charge >= 0.3 is 0 Å². The first-order valence-corrected chi connectivity index (χ1v) is 12.0. The number of benzene rings is 2. The van der Waals surface area contributed by atoms with Crippen LogP contribution in [0, 0.1) is 5.92 Å². The summed E-state index contributed by atoms with van der Waals surface area (Å²) in [7, 11) is -3.71. The number of aromatic nitrogens is 3. The van der Waals surface area contributed by atoms with Crippen LogP contribution in [0.25, 0.3) is 21.8 Å². The lowest BCUT2D eigenvalue weighted by Gasteiger charge is -2.09. The summed E-state index contributed by atoms with van der Waals surface area (Å²) in [5.74, 6) is -0.334. The Hall–Kier alpha value is -2.84. The van der Waals surface area contributed by atoms with Crippen LogP contribution in [-0.2, 0) is 16.4 Å². The summed E-state index contributed by atoms with van der Waals surface area (Å²) >= 11 is 6.12. The average Bonchev–Trinajstić information content (AvgIpc) is 3.32. The molecule has 3 N–H and O–H groups in total. The Morgan fingerprint density at radius 1 is 1.16 bits per heavy atom. The zero-order chi connectivity index (χ0) is 22.2. The van der Waals surface area contributed by atoms with E-state index >= 15 is 0 Å². The summed E-state index contributed by atoms with van der Waals surface area (Å²) in [6.45, 7) is 4.11. The molecule has 0 aliphatic rings. The van der Waals surface area contributed by atoms with Gasteiger partial charge < -0.3 is 10.3 Å². The number of para-hydroxylation sites is 1. The van der Waals surface area contributed by atoms with Gasteiger partial charge in [0, 0.05) is 21.3 Å². The van der Waals surface area contributed by atoms with E-state index in [0.29, 0.717) is 22.3 Å². The Kier molecular flexibility index (Phi) is 5.77. The Balaban J connectivity index is 1.69. The molecule has 2 aromatic carbocycles. The highest BCUT2D eigenvalue weighted by Gasteiger charge is 2.28. The molecule has 7 nitrogen and oxygen atoms in total. The predicted molar refractivity (Wildman–Crippen MR) is 122 cm³/mol. The van der Waals surface area contributed by atoms with Crippen molar-refractivity contribution in [1.82, 2.24) is 20.5 Å². The van der Waals surface area contributed by atoms with Crippen molar-refractivity contribution in [2.45, 2.75) is 31.7 Å². The zero-order valence-electron chi connectivity index (χ0n) is 17.2. The van der Waals surface area contributed by atoms with Gasteiger partial charge in [-0.2, -0.15) is 5.10 Å². The molecule has 4 aromatic rings. The van der Waals surface area contributed by atoms with Crippen LogP contribution in [0.4, 0.5) is 0 Å². The molecule has 0 radical (unpaired) electrons. The highest BCUT2D eigenvalue weighted by Crippen LogP contribution is 2.31. The Bertz CT molecular complexity index is 1370. The molecule has 4 rings (SSSR count). The lowest BCUT2D eigenvalue weighted by molar-refractivity contribution is 0.0943. The second-order valence-corrected chi connectivity index (χ2v) is 10.4. The molecule has 31 heavy (non-hydrogen) atoms. The van der Waals surface area contributed by atoms with Crippen molar-refractivity contribution in [3.8, 4) is 0 Å². The van der Waals surface area contributed by atoms with Gasteiger partial charge in [0.1, 0.15) is 10.6 Å². The van der Waals surface area contributed by atoms with E-state index in [1.54, 1.807) is 18.2 Å². The number of nitrogens with zero attached hydrogens (tertiary/aromatic N) is 1. The van der Waals surface area contributed by atoms with Gasteiger partial charge in [-0.25, -0.2) is 8.42 Å². The van der Waals surface area contributed by atoms with Gasteiger partial charge in [0.15, 0.2) is 9.84 Å². The second kappa shape index (κ2) is 8.36. The number of hydrogen-bond acceptors (Lipinski definition) is 4. The smallest absolute Gasteiger partial charge is 0.269 e. The van der Waals surface area contributed by atoms with E-state index < -0.39 is 15.7 Å². The number of carbonyl (C=O) groups is 1. The van der Waals surface area contributed by atoms with Crippen LogP contribution >= 0.6 is 11.6 Å². The average molecular weight is 459 g/mol. The maximum atomic E-state index is 13.2. The highest BCUT2D eigenvalue weighted by atomic mass is 35.5. The number of sulfone groups is 1. The number of aromatic amines is 2. The summed E-state index contributed by atoms with van der Waals surface area (Å²) in [5.41, 5.74) is 2.10. The fourth-order valence-corrected chi connectivity index (χ4v) is 5.64. The van der Waals surface area contributed by atoms with Gasteiger partial charge in [0.2, 0.25) is 0 Å². The third-order valence-corrected chi connectivity index (χ3v) is 7.24. The number of nitrogens with one attached hydrogen (secondary N) is 3. The lowest BCUT2D eigenvalue weighted by Crippen LogP contribution is -2.25. The van der Waals surface area contributed by atoms with Crippen molar-refractivity contribution in [2.75, 3.05) is 5.75 Å². The molecule has 0 aliphatic carbocycles. The van der Waals surface area contributed by atoms with Crippen LogP contribution < -0.4 is 5.32 Å². The molecule has 0 spiro atoms. The Labute approximate surface area is 185 Å². The first-order valence-electron chi connectivity index (χ1n) is 10.0. The van der Waals surface area contributed by atoms with Crippen molar-refractivity contribution < 1.29 is 13.2 Å². The zero-order valence-corrected chi connectivity index (χ0v) is 18.8. The number of carbonyl (C=O) groups excluding carboxylic acids is 1. The van der Waals surface area contributed by atoms with Gasteiger partial charge in [-0.1, -0.05) is 43.6 Å². The first kappa shape index (κ1) is 21.4. The molecule has 162 valence electrons. The van der Waals surface area contributed by atoms with E-state index in [4.69, 9.17) is 11.6 Å². The van der Waals surface area contributed by atoms with E-state index in [1.165, 1.54) is 0 Å². The van der Waals surface area contributed by atoms with Crippen molar-refractivity contribution >= 4 is 49.2 Å². The highest BCUT2D eigenvalue weighted by molar-refractivity contribution is 7.91.